The SMILES string of the molecule is O=C(OCc1ccccc1)N1CCCCCC1CC(O)c1ccco1. The molecule has 0 radical (unpaired) electrons. The summed E-state index contributed by atoms with van der Waals surface area (Å²) in [5.74, 6) is 0.543. The first-order valence-electron chi connectivity index (χ1n) is 8.93. The number of amides is 1. The Balaban J connectivity index is 1.62. The molecule has 5 heteroatoms. The third-order valence-corrected chi connectivity index (χ3v) is 4.68. The maximum absolute atomic E-state index is 12.6. The number of aliphatic hydroxyl groups is 1. The van der Waals surface area contributed by atoms with Crippen molar-refractivity contribution in [2.75, 3.05) is 6.54 Å². The molecule has 1 saturated heterocycles. The normalized spacial score (nSPS) is 19.2. The smallest absolute Gasteiger partial charge is 0.410 e. The van der Waals surface area contributed by atoms with E-state index in [2.05, 4.69) is 0 Å². The molecule has 1 aromatic carbocycles. The summed E-state index contributed by atoms with van der Waals surface area (Å²) in [5, 5.41) is 10.4. The molecule has 0 aliphatic carbocycles. The van der Waals surface area contributed by atoms with Crippen LogP contribution in [0, 0.1) is 0 Å². The topological polar surface area (TPSA) is 62.9 Å². The lowest BCUT2D eigenvalue weighted by Gasteiger charge is -2.30. The van der Waals surface area contributed by atoms with E-state index in [1.165, 1.54) is 0 Å². The van der Waals surface area contributed by atoms with Crippen LogP contribution in [0.1, 0.15) is 49.5 Å². The minimum Gasteiger partial charge on any atom is -0.467 e. The minimum absolute atomic E-state index is 0.0362. The zero-order chi connectivity index (χ0) is 17.5. The fourth-order valence-electron chi connectivity index (χ4n) is 3.32. The van der Waals surface area contributed by atoms with E-state index >= 15 is 0 Å². The zero-order valence-corrected chi connectivity index (χ0v) is 14.3. The summed E-state index contributed by atoms with van der Waals surface area (Å²) in [6.07, 6.45) is 5.00. The molecule has 2 aromatic rings. The van der Waals surface area contributed by atoms with E-state index in [9.17, 15) is 9.90 Å². The molecule has 0 saturated carbocycles. The van der Waals surface area contributed by atoms with Crippen molar-refractivity contribution in [2.24, 2.45) is 0 Å². The van der Waals surface area contributed by atoms with Crippen LogP contribution in [-0.4, -0.2) is 28.7 Å². The number of benzene rings is 1. The highest BCUT2D eigenvalue weighted by atomic mass is 16.6. The summed E-state index contributed by atoms with van der Waals surface area (Å²) in [6, 6.07) is 13.2. The molecule has 0 bridgehead atoms. The summed E-state index contributed by atoms with van der Waals surface area (Å²) in [6.45, 7) is 0.937. The second kappa shape index (κ2) is 8.72. The van der Waals surface area contributed by atoms with E-state index in [1.54, 1.807) is 23.3 Å². The predicted molar refractivity (Wildman–Crippen MR) is 93.9 cm³/mol. The number of nitrogens with zero attached hydrogens (tertiary/aromatic N) is 1. The number of hydrogen-bond donors (Lipinski definition) is 1. The zero-order valence-electron chi connectivity index (χ0n) is 14.3. The van der Waals surface area contributed by atoms with Gasteiger partial charge in [-0.15, -0.1) is 0 Å². The first-order chi connectivity index (χ1) is 12.2. The number of furan rings is 1. The Hall–Kier alpha value is -2.27. The molecule has 1 aliphatic rings. The lowest BCUT2D eigenvalue weighted by Crippen LogP contribution is -2.41. The van der Waals surface area contributed by atoms with Gasteiger partial charge in [0.2, 0.25) is 0 Å². The molecule has 3 rings (SSSR count). The minimum atomic E-state index is -0.706. The summed E-state index contributed by atoms with van der Waals surface area (Å²) >= 11 is 0. The Bertz CT molecular complexity index is 641. The third kappa shape index (κ3) is 4.86. The largest absolute Gasteiger partial charge is 0.467 e. The van der Waals surface area contributed by atoms with Gasteiger partial charge in [0.05, 0.1) is 6.26 Å². The van der Waals surface area contributed by atoms with E-state index in [1.807, 2.05) is 30.3 Å². The summed E-state index contributed by atoms with van der Waals surface area (Å²) < 4.78 is 10.8. The summed E-state index contributed by atoms with van der Waals surface area (Å²) in [4.78, 5) is 14.4. The van der Waals surface area contributed by atoms with E-state index < -0.39 is 6.10 Å². The number of rotatable bonds is 5. The molecule has 1 aromatic heterocycles. The van der Waals surface area contributed by atoms with Crippen molar-refractivity contribution < 1.29 is 19.1 Å². The van der Waals surface area contributed by atoms with Crippen LogP contribution in [0.4, 0.5) is 4.79 Å². The number of ether oxygens (including phenoxy) is 1. The van der Waals surface area contributed by atoms with Gasteiger partial charge in [-0.3, -0.25) is 0 Å². The van der Waals surface area contributed by atoms with Crippen molar-refractivity contribution in [3.05, 3.63) is 60.1 Å². The van der Waals surface area contributed by atoms with Crippen molar-refractivity contribution in [1.82, 2.24) is 4.90 Å². The van der Waals surface area contributed by atoms with Crippen LogP contribution in [0.15, 0.2) is 53.1 Å². The van der Waals surface area contributed by atoms with Gasteiger partial charge >= 0.3 is 6.09 Å². The van der Waals surface area contributed by atoms with Crippen molar-refractivity contribution in [3.63, 3.8) is 0 Å². The number of carbonyl (C=O) groups is 1. The number of likely N-dealkylation sites (tertiary alicyclic amines) is 1. The van der Waals surface area contributed by atoms with Crippen LogP contribution in [-0.2, 0) is 11.3 Å². The molecule has 2 unspecified atom stereocenters. The average Bonchev–Trinajstić information content (AvgIpc) is 3.08. The van der Waals surface area contributed by atoms with Gasteiger partial charge in [-0.1, -0.05) is 43.2 Å². The number of hydrogen-bond acceptors (Lipinski definition) is 4. The maximum Gasteiger partial charge on any atom is 0.410 e. The van der Waals surface area contributed by atoms with Crippen LogP contribution in [0.5, 0.6) is 0 Å². The molecule has 2 atom stereocenters. The van der Waals surface area contributed by atoms with Gasteiger partial charge in [-0.2, -0.15) is 0 Å². The summed E-state index contributed by atoms with van der Waals surface area (Å²) in [7, 11) is 0. The molecule has 1 fully saturated rings. The number of aliphatic hydroxyl groups excluding tert-OH is 1. The standard InChI is InChI=1S/C20H25NO4/c22-18(19-11-7-13-24-19)14-17-10-5-2-6-12-21(17)20(23)25-15-16-8-3-1-4-9-16/h1,3-4,7-9,11,13,17-18,22H,2,5-6,10,12,14-15H2. The molecule has 1 aliphatic heterocycles. The van der Waals surface area contributed by atoms with Crippen molar-refractivity contribution in [3.8, 4) is 0 Å². The Morgan fingerprint density at radius 3 is 2.80 bits per heavy atom. The predicted octanol–water partition coefficient (Wildman–Crippen LogP) is 4.28. The lowest BCUT2D eigenvalue weighted by atomic mass is 10.0. The Morgan fingerprint density at radius 1 is 1.20 bits per heavy atom. The van der Waals surface area contributed by atoms with Gasteiger partial charge in [-0.25, -0.2) is 4.79 Å². The van der Waals surface area contributed by atoms with Gasteiger partial charge in [-0.05, 0) is 30.5 Å². The van der Waals surface area contributed by atoms with Crippen molar-refractivity contribution >= 4 is 6.09 Å². The third-order valence-electron chi connectivity index (χ3n) is 4.68. The van der Waals surface area contributed by atoms with Gasteiger partial charge < -0.3 is 19.2 Å². The number of carbonyl (C=O) groups excluding carboxylic acids is 1. The van der Waals surface area contributed by atoms with E-state index in [4.69, 9.17) is 9.15 Å². The molecule has 0 spiro atoms. The van der Waals surface area contributed by atoms with Gasteiger partial charge in [0, 0.05) is 19.0 Å². The van der Waals surface area contributed by atoms with Crippen molar-refractivity contribution in [2.45, 2.75) is 50.9 Å². The van der Waals surface area contributed by atoms with Crippen LogP contribution >= 0.6 is 0 Å². The molecule has 1 N–H and O–H groups in total. The molecular weight excluding hydrogens is 318 g/mol. The highest BCUT2D eigenvalue weighted by Crippen LogP contribution is 2.27. The van der Waals surface area contributed by atoms with E-state index in [-0.39, 0.29) is 18.7 Å². The first kappa shape index (κ1) is 17.5. The van der Waals surface area contributed by atoms with Crippen molar-refractivity contribution in [1.29, 1.82) is 0 Å². The van der Waals surface area contributed by atoms with Crippen LogP contribution in [0.25, 0.3) is 0 Å². The Kier molecular flexibility index (Phi) is 6.12. The molecule has 134 valence electrons. The fraction of sp³-hybridized carbons (Fsp3) is 0.450. The van der Waals surface area contributed by atoms with Crippen LogP contribution < -0.4 is 0 Å². The molecule has 5 nitrogen and oxygen atoms in total. The van der Waals surface area contributed by atoms with Gasteiger partial charge in [0.1, 0.15) is 18.5 Å². The Morgan fingerprint density at radius 2 is 2.04 bits per heavy atom. The van der Waals surface area contributed by atoms with Gasteiger partial charge in [0.15, 0.2) is 0 Å². The van der Waals surface area contributed by atoms with E-state index in [0.717, 1.165) is 31.2 Å². The fourth-order valence-corrected chi connectivity index (χ4v) is 3.32. The Labute approximate surface area is 148 Å². The van der Waals surface area contributed by atoms with Crippen LogP contribution in [0.3, 0.4) is 0 Å². The van der Waals surface area contributed by atoms with Gasteiger partial charge in [0.25, 0.3) is 0 Å². The highest BCUT2D eigenvalue weighted by molar-refractivity contribution is 5.68. The summed E-state index contributed by atoms with van der Waals surface area (Å²) in [5.41, 5.74) is 0.970. The van der Waals surface area contributed by atoms with E-state index in [0.29, 0.717) is 18.7 Å². The monoisotopic (exact) mass is 343 g/mol. The molecule has 25 heavy (non-hydrogen) atoms. The average molecular weight is 343 g/mol. The highest BCUT2D eigenvalue weighted by Gasteiger charge is 2.29. The molecule has 2 heterocycles. The maximum atomic E-state index is 12.6. The van der Waals surface area contributed by atoms with Crippen LogP contribution in [0.2, 0.25) is 0 Å². The molecule has 1 amide bonds. The second-order valence-electron chi connectivity index (χ2n) is 6.50. The second-order valence-corrected chi connectivity index (χ2v) is 6.50. The molecular formula is C20H25NO4. The quantitative estimate of drug-likeness (QED) is 0.880. The lowest BCUT2D eigenvalue weighted by molar-refractivity contribution is 0.0578. The first-order valence-corrected chi connectivity index (χ1v) is 8.93.